The number of halogens is 2. The molecule has 0 aliphatic carbocycles. The Morgan fingerprint density at radius 3 is 2.75 bits per heavy atom. The third kappa shape index (κ3) is 3.42. The fraction of sp³-hybridized carbons (Fsp3) is 0.200. The first-order chi connectivity index (χ1) is 9.47. The molecule has 5 heteroatoms. The number of benzene rings is 1. The molecule has 1 aromatic heterocycles. The number of carbonyl (C=O) groups excluding carboxylic acids is 1. The van der Waals surface area contributed by atoms with Crippen LogP contribution in [-0.2, 0) is 0 Å². The Balaban J connectivity index is 2.35. The lowest BCUT2D eigenvalue weighted by molar-refractivity contribution is 0.103. The molecule has 0 N–H and O–H groups in total. The zero-order chi connectivity index (χ0) is 14.7. The lowest BCUT2D eigenvalue weighted by Crippen LogP contribution is -2.08. The van der Waals surface area contributed by atoms with Gasteiger partial charge in [-0.15, -0.1) is 0 Å². The Morgan fingerprint density at radius 2 is 2.05 bits per heavy atom. The van der Waals surface area contributed by atoms with E-state index in [0.29, 0.717) is 15.8 Å². The third-order valence-electron chi connectivity index (χ3n) is 2.52. The molecule has 0 fully saturated rings. The lowest BCUT2D eigenvalue weighted by Gasteiger charge is -2.10. The van der Waals surface area contributed by atoms with Gasteiger partial charge in [-0.3, -0.25) is 9.78 Å². The SMILES string of the molecule is CC(C)Oc1cncc(C(=O)c2cc(Br)ccc2F)c1. The number of carbonyl (C=O) groups is 1. The molecule has 0 amide bonds. The van der Waals surface area contributed by atoms with Crippen molar-refractivity contribution in [2.24, 2.45) is 0 Å². The molecule has 0 saturated carbocycles. The van der Waals surface area contributed by atoms with Crippen LogP contribution in [0.5, 0.6) is 5.75 Å². The highest BCUT2D eigenvalue weighted by Crippen LogP contribution is 2.21. The van der Waals surface area contributed by atoms with Gasteiger partial charge >= 0.3 is 0 Å². The van der Waals surface area contributed by atoms with E-state index < -0.39 is 11.6 Å². The van der Waals surface area contributed by atoms with Crippen LogP contribution in [0, 0.1) is 5.82 Å². The standard InChI is InChI=1S/C15H13BrFNO2/c1-9(2)20-12-5-10(7-18-8-12)15(19)13-6-11(16)3-4-14(13)17/h3-9H,1-2H3. The maximum absolute atomic E-state index is 13.7. The van der Waals surface area contributed by atoms with E-state index in [1.165, 1.54) is 24.5 Å². The second-order valence-electron chi connectivity index (χ2n) is 4.53. The molecule has 104 valence electrons. The average molecular weight is 338 g/mol. The molecule has 0 aliphatic rings. The Bertz CT molecular complexity index is 644. The van der Waals surface area contributed by atoms with E-state index in [9.17, 15) is 9.18 Å². The van der Waals surface area contributed by atoms with Crippen molar-refractivity contribution in [1.82, 2.24) is 4.98 Å². The van der Waals surface area contributed by atoms with Gasteiger partial charge in [0.05, 0.1) is 17.9 Å². The maximum atomic E-state index is 13.7. The van der Waals surface area contributed by atoms with Crippen molar-refractivity contribution in [2.75, 3.05) is 0 Å². The third-order valence-corrected chi connectivity index (χ3v) is 3.01. The van der Waals surface area contributed by atoms with E-state index in [4.69, 9.17) is 4.74 Å². The Kier molecular flexibility index (Phi) is 4.49. The Hall–Kier alpha value is -1.75. The molecule has 0 unspecified atom stereocenters. The van der Waals surface area contributed by atoms with Crippen LogP contribution in [0.2, 0.25) is 0 Å². The first-order valence-corrected chi connectivity index (χ1v) is 6.88. The molecule has 0 bridgehead atoms. The zero-order valence-electron chi connectivity index (χ0n) is 11.1. The molecule has 3 nitrogen and oxygen atoms in total. The van der Waals surface area contributed by atoms with Crippen LogP contribution in [0.15, 0.2) is 41.1 Å². The first kappa shape index (κ1) is 14.7. The summed E-state index contributed by atoms with van der Waals surface area (Å²) in [5, 5.41) is 0. The van der Waals surface area contributed by atoms with Gasteiger partial charge in [-0.1, -0.05) is 15.9 Å². The van der Waals surface area contributed by atoms with Crippen LogP contribution in [-0.4, -0.2) is 16.9 Å². The van der Waals surface area contributed by atoms with Crippen molar-refractivity contribution in [3.63, 3.8) is 0 Å². The fourth-order valence-electron chi connectivity index (χ4n) is 1.71. The van der Waals surface area contributed by atoms with E-state index >= 15 is 0 Å². The highest BCUT2D eigenvalue weighted by Gasteiger charge is 2.15. The molecule has 0 saturated heterocycles. The van der Waals surface area contributed by atoms with E-state index in [1.807, 2.05) is 13.8 Å². The van der Waals surface area contributed by atoms with E-state index in [0.717, 1.165) is 0 Å². The highest BCUT2D eigenvalue weighted by molar-refractivity contribution is 9.10. The minimum absolute atomic E-state index is 0.00266. The molecule has 2 aromatic rings. The molecular formula is C15H13BrFNO2. The number of nitrogens with zero attached hydrogens (tertiary/aromatic N) is 1. The van der Waals surface area contributed by atoms with Gasteiger partial charge in [0.1, 0.15) is 11.6 Å². The summed E-state index contributed by atoms with van der Waals surface area (Å²) in [6.45, 7) is 3.75. The van der Waals surface area contributed by atoms with Gasteiger partial charge in [0.2, 0.25) is 0 Å². The molecule has 20 heavy (non-hydrogen) atoms. The van der Waals surface area contributed by atoms with E-state index in [2.05, 4.69) is 20.9 Å². The van der Waals surface area contributed by atoms with Gasteiger partial charge in [0.25, 0.3) is 0 Å². The number of ether oxygens (including phenoxy) is 1. The fourth-order valence-corrected chi connectivity index (χ4v) is 2.07. The minimum atomic E-state index is -0.562. The predicted octanol–water partition coefficient (Wildman–Crippen LogP) is 4.00. The number of aromatic nitrogens is 1. The van der Waals surface area contributed by atoms with E-state index in [-0.39, 0.29) is 11.7 Å². The van der Waals surface area contributed by atoms with Gasteiger partial charge in [-0.25, -0.2) is 4.39 Å². The molecule has 0 spiro atoms. The Labute approximate surface area is 124 Å². The summed E-state index contributed by atoms with van der Waals surface area (Å²) < 4.78 is 19.8. The number of hydrogen-bond donors (Lipinski definition) is 0. The van der Waals surface area contributed by atoms with Crippen LogP contribution in [0.25, 0.3) is 0 Å². The molecule has 1 aromatic carbocycles. The lowest BCUT2D eigenvalue weighted by atomic mass is 10.0. The van der Waals surface area contributed by atoms with Gasteiger partial charge in [-0.05, 0) is 38.1 Å². The maximum Gasteiger partial charge on any atom is 0.197 e. The van der Waals surface area contributed by atoms with Crippen molar-refractivity contribution in [1.29, 1.82) is 0 Å². The second-order valence-corrected chi connectivity index (χ2v) is 5.44. The zero-order valence-corrected chi connectivity index (χ0v) is 12.6. The van der Waals surface area contributed by atoms with Gasteiger partial charge in [-0.2, -0.15) is 0 Å². The number of pyridine rings is 1. The monoisotopic (exact) mass is 337 g/mol. The predicted molar refractivity (Wildman–Crippen MR) is 77.5 cm³/mol. The molecule has 0 aliphatic heterocycles. The van der Waals surface area contributed by atoms with Crippen LogP contribution in [0.1, 0.15) is 29.8 Å². The summed E-state index contributed by atoms with van der Waals surface area (Å²) in [6.07, 6.45) is 2.90. The summed E-state index contributed by atoms with van der Waals surface area (Å²) in [6, 6.07) is 5.81. The number of rotatable bonds is 4. The van der Waals surface area contributed by atoms with Crippen molar-refractivity contribution in [2.45, 2.75) is 20.0 Å². The van der Waals surface area contributed by atoms with Crippen LogP contribution < -0.4 is 4.74 Å². The van der Waals surface area contributed by atoms with Crippen molar-refractivity contribution in [3.05, 3.63) is 58.1 Å². The molecule has 0 atom stereocenters. The summed E-state index contributed by atoms with van der Waals surface area (Å²) in [7, 11) is 0. The topological polar surface area (TPSA) is 39.2 Å². The largest absolute Gasteiger partial charge is 0.489 e. The molecule has 1 heterocycles. The summed E-state index contributed by atoms with van der Waals surface area (Å²) in [4.78, 5) is 16.3. The number of hydrogen-bond acceptors (Lipinski definition) is 3. The van der Waals surface area contributed by atoms with Crippen LogP contribution in [0.3, 0.4) is 0 Å². The van der Waals surface area contributed by atoms with Gasteiger partial charge in [0.15, 0.2) is 5.78 Å². The summed E-state index contributed by atoms with van der Waals surface area (Å²) in [5.74, 6) is -0.500. The van der Waals surface area contributed by atoms with Gasteiger partial charge < -0.3 is 4.74 Å². The first-order valence-electron chi connectivity index (χ1n) is 6.09. The Morgan fingerprint density at radius 1 is 1.30 bits per heavy atom. The van der Waals surface area contributed by atoms with Crippen molar-refractivity contribution < 1.29 is 13.9 Å². The highest BCUT2D eigenvalue weighted by atomic mass is 79.9. The van der Waals surface area contributed by atoms with Crippen LogP contribution in [0.4, 0.5) is 4.39 Å². The molecular weight excluding hydrogens is 325 g/mol. The van der Waals surface area contributed by atoms with Crippen LogP contribution >= 0.6 is 15.9 Å². The normalized spacial score (nSPS) is 10.7. The van der Waals surface area contributed by atoms with E-state index in [1.54, 1.807) is 12.1 Å². The second kappa shape index (κ2) is 6.13. The van der Waals surface area contributed by atoms with Gasteiger partial charge in [0, 0.05) is 16.2 Å². The number of ketones is 1. The van der Waals surface area contributed by atoms with Crippen molar-refractivity contribution >= 4 is 21.7 Å². The summed E-state index contributed by atoms with van der Waals surface area (Å²) in [5.41, 5.74) is 0.294. The molecule has 0 radical (unpaired) electrons. The smallest absolute Gasteiger partial charge is 0.197 e. The molecule has 2 rings (SSSR count). The average Bonchev–Trinajstić information content (AvgIpc) is 2.40. The van der Waals surface area contributed by atoms with Crippen molar-refractivity contribution in [3.8, 4) is 5.75 Å². The minimum Gasteiger partial charge on any atom is -0.489 e. The quantitative estimate of drug-likeness (QED) is 0.791. The summed E-state index contributed by atoms with van der Waals surface area (Å²) >= 11 is 3.23.